The number of halogens is 6. The van der Waals surface area contributed by atoms with Crippen LogP contribution in [0.15, 0.2) is 11.4 Å². The van der Waals surface area contributed by atoms with E-state index < -0.39 is 7.59 Å². The molecule has 0 unspecified atom stereocenters. The summed E-state index contributed by atoms with van der Waals surface area (Å²) in [6.45, 7) is 2.28. The second-order valence-electron chi connectivity index (χ2n) is 9.67. The number of hydrogen-bond acceptors (Lipinski definition) is 4. The molecule has 0 N–H and O–H groups in total. The summed E-state index contributed by atoms with van der Waals surface area (Å²) in [5.74, 6) is 0.189. The Kier molecular flexibility index (Phi) is 16.4. The second-order valence-corrected chi connectivity index (χ2v) is 15.1. The third-order valence-corrected chi connectivity index (χ3v) is 8.32. The van der Waals surface area contributed by atoms with Gasteiger partial charge < -0.3 is 0 Å². The predicted octanol–water partition coefficient (Wildman–Crippen LogP) is 12.1. The Morgan fingerprint density at radius 2 is 1.00 bits per heavy atom. The van der Waals surface area contributed by atoms with Crippen LogP contribution in [0.25, 0.3) is 10.7 Å². The molecule has 0 amide bonds. The van der Waals surface area contributed by atoms with Crippen molar-refractivity contribution >= 4 is 80.9 Å². The lowest BCUT2D eigenvalue weighted by Gasteiger charge is -2.15. The Bertz CT molecular complexity index is 863. The average Bonchev–Trinajstić information content (AvgIpc) is 3.31. The van der Waals surface area contributed by atoms with Gasteiger partial charge in [0, 0.05) is 0 Å². The summed E-state index contributed by atoms with van der Waals surface area (Å²) in [6.07, 6.45) is 22.8. The van der Waals surface area contributed by atoms with E-state index in [1.54, 1.807) is 0 Å². The molecule has 0 aliphatic rings. The maximum Gasteiger partial charge on any atom is 0.250 e. The molecule has 0 atom stereocenters. The van der Waals surface area contributed by atoms with Crippen LogP contribution in [0.1, 0.15) is 127 Å². The molecule has 10 heteroatoms. The number of alkyl halides is 6. The first-order valence-electron chi connectivity index (χ1n) is 13.6. The Hall–Kier alpha value is 0.450. The lowest BCUT2D eigenvalue weighted by molar-refractivity contribution is 0.529. The zero-order chi connectivity index (χ0) is 27.2. The van der Waals surface area contributed by atoms with Crippen molar-refractivity contribution in [1.29, 1.82) is 0 Å². The third-order valence-electron chi connectivity index (χ3n) is 6.34. The molecular weight excluding hydrogens is 611 g/mol. The number of unbranched alkanes of at least 4 members (excludes halogenated alkanes) is 15. The largest absolute Gasteiger partial charge is 0.250 e. The molecule has 210 valence electrons. The van der Waals surface area contributed by atoms with Crippen molar-refractivity contribution in [3.8, 4) is 10.7 Å². The van der Waals surface area contributed by atoms with Crippen molar-refractivity contribution in [2.75, 3.05) is 0 Å². The van der Waals surface area contributed by atoms with Crippen LogP contribution >= 0.6 is 80.9 Å². The van der Waals surface area contributed by atoms with E-state index in [4.69, 9.17) is 69.6 Å². The fourth-order valence-electron chi connectivity index (χ4n) is 4.24. The van der Waals surface area contributed by atoms with Gasteiger partial charge in [-0.1, -0.05) is 173 Å². The van der Waals surface area contributed by atoms with Gasteiger partial charge in [-0.2, -0.15) is 0 Å². The monoisotopic (exact) mass is 647 g/mol. The summed E-state index contributed by atoms with van der Waals surface area (Å²) >= 11 is 37.4. The van der Waals surface area contributed by atoms with E-state index >= 15 is 0 Å². The van der Waals surface area contributed by atoms with E-state index in [0.29, 0.717) is 5.82 Å². The van der Waals surface area contributed by atoms with Crippen LogP contribution in [-0.4, -0.2) is 15.0 Å². The van der Waals surface area contributed by atoms with Gasteiger partial charge in [-0.3, -0.25) is 0 Å². The summed E-state index contributed by atoms with van der Waals surface area (Å²) in [7, 11) is 0. The summed E-state index contributed by atoms with van der Waals surface area (Å²) in [6, 6.07) is 2.05. The average molecular weight is 650 g/mol. The van der Waals surface area contributed by atoms with Crippen LogP contribution in [0.4, 0.5) is 0 Å². The van der Waals surface area contributed by atoms with Gasteiger partial charge in [0.1, 0.15) is 0 Å². The molecule has 0 aromatic carbocycles. The first kappa shape index (κ1) is 33.7. The molecule has 0 saturated heterocycles. The molecule has 3 nitrogen and oxygen atoms in total. The van der Waals surface area contributed by atoms with Crippen molar-refractivity contribution in [3.05, 3.63) is 28.7 Å². The predicted molar refractivity (Wildman–Crippen MR) is 165 cm³/mol. The molecule has 0 radical (unpaired) electrons. The lowest BCUT2D eigenvalue weighted by atomic mass is 10.0. The second kappa shape index (κ2) is 18.0. The van der Waals surface area contributed by atoms with Crippen LogP contribution in [0.5, 0.6) is 0 Å². The van der Waals surface area contributed by atoms with Gasteiger partial charge in [0.2, 0.25) is 7.59 Å². The molecule has 2 heterocycles. The van der Waals surface area contributed by atoms with Crippen LogP contribution in [0, 0.1) is 0 Å². The van der Waals surface area contributed by atoms with Gasteiger partial charge in [-0.25, -0.2) is 15.0 Å². The van der Waals surface area contributed by atoms with E-state index in [1.165, 1.54) is 113 Å². The Labute approximate surface area is 257 Å². The fraction of sp³-hybridized carbons (Fsp3) is 0.741. The zero-order valence-electron chi connectivity index (χ0n) is 21.7. The highest BCUT2D eigenvalue weighted by Crippen LogP contribution is 2.41. The normalized spacial score (nSPS) is 12.4. The molecule has 2 aromatic heterocycles. The minimum absolute atomic E-state index is 0.0726. The molecule has 0 aliphatic heterocycles. The van der Waals surface area contributed by atoms with E-state index in [2.05, 4.69) is 33.3 Å². The number of hydrogen-bond donors (Lipinski definition) is 0. The molecule has 0 fully saturated rings. The van der Waals surface area contributed by atoms with Crippen LogP contribution in [0.3, 0.4) is 0 Å². The summed E-state index contributed by atoms with van der Waals surface area (Å²) in [4.78, 5) is 13.4. The molecule has 0 spiro atoms. The highest BCUT2D eigenvalue weighted by atomic mass is 35.6. The number of thiophene rings is 1. The van der Waals surface area contributed by atoms with E-state index in [1.807, 2.05) is 0 Å². The van der Waals surface area contributed by atoms with Crippen molar-refractivity contribution in [2.45, 2.75) is 124 Å². The van der Waals surface area contributed by atoms with Crippen molar-refractivity contribution in [1.82, 2.24) is 15.0 Å². The number of rotatable bonds is 18. The van der Waals surface area contributed by atoms with Gasteiger partial charge >= 0.3 is 0 Å². The van der Waals surface area contributed by atoms with Gasteiger partial charge in [-0.05, 0) is 29.9 Å². The molecule has 0 saturated carbocycles. The number of nitrogens with zero attached hydrogens (tertiary/aromatic N) is 3. The van der Waals surface area contributed by atoms with Crippen LogP contribution in [-0.2, 0) is 14.0 Å². The minimum Gasteiger partial charge on any atom is -0.209 e. The van der Waals surface area contributed by atoms with Gasteiger partial charge in [0.05, 0.1) is 4.88 Å². The molecule has 0 aliphatic carbocycles. The highest BCUT2D eigenvalue weighted by Gasteiger charge is 2.34. The molecule has 0 bridgehead atoms. The maximum absolute atomic E-state index is 5.98. The first-order valence-corrected chi connectivity index (χ1v) is 16.7. The highest BCUT2D eigenvalue weighted by molar-refractivity contribution is 7.13. The zero-order valence-corrected chi connectivity index (χ0v) is 27.0. The Balaban J connectivity index is 1.62. The SMILES string of the molecule is CCCCCCCCCCCCCCCCCCc1csc(-c2nc(C(Cl)(Cl)Cl)nc(C(Cl)(Cl)Cl)n2)c1. The smallest absolute Gasteiger partial charge is 0.209 e. The van der Waals surface area contributed by atoms with Crippen molar-refractivity contribution in [2.24, 2.45) is 0 Å². The van der Waals surface area contributed by atoms with Crippen molar-refractivity contribution < 1.29 is 0 Å². The van der Waals surface area contributed by atoms with Gasteiger partial charge in [0.25, 0.3) is 0 Å². The maximum atomic E-state index is 5.98. The summed E-state index contributed by atoms with van der Waals surface area (Å²) < 4.78 is -3.70. The first-order chi connectivity index (χ1) is 17.6. The van der Waals surface area contributed by atoms with Gasteiger partial charge in [0.15, 0.2) is 17.5 Å². The lowest BCUT2D eigenvalue weighted by Crippen LogP contribution is -2.16. The van der Waals surface area contributed by atoms with E-state index in [-0.39, 0.29) is 11.6 Å². The van der Waals surface area contributed by atoms with Gasteiger partial charge in [-0.15, -0.1) is 11.3 Å². The van der Waals surface area contributed by atoms with E-state index in [9.17, 15) is 0 Å². The van der Waals surface area contributed by atoms with Crippen LogP contribution < -0.4 is 0 Å². The Morgan fingerprint density at radius 3 is 1.41 bits per heavy atom. The molecule has 37 heavy (non-hydrogen) atoms. The molecular formula is C27H39Cl6N3S. The number of aromatic nitrogens is 3. The third kappa shape index (κ3) is 14.1. The van der Waals surface area contributed by atoms with Crippen LogP contribution in [0.2, 0.25) is 0 Å². The van der Waals surface area contributed by atoms with Crippen molar-refractivity contribution in [3.63, 3.8) is 0 Å². The standard InChI is InChI=1S/C27H39Cl6N3S/c1-2-3-4-5-6-7-8-9-10-11-12-13-14-15-16-17-18-21-19-22(37-20-21)23-34-24(26(28,29)30)36-25(35-23)27(31,32)33/h19-20H,2-18H2,1H3. The quantitative estimate of drug-likeness (QED) is 0.119. The minimum atomic E-state index is -1.85. The summed E-state index contributed by atoms with van der Waals surface area (Å²) in [5.41, 5.74) is 1.23. The molecule has 2 aromatic rings. The topological polar surface area (TPSA) is 38.7 Å². The Morgan fingerprint density at radius 1 is 0.595 bits per heavy atom. The summed E-state index contributed by atoms with van der Waals surface area (Å²) in [5, 5.41) is 2.11. The van der Waals surface area contributed by atoms with E-state index in [0.717, 1.165) is 17.7 Å². The number of aryl methyl sites for hydroxylation is 1. The fourth-order valence-corrected chi connectivity index (χ4v) is 5.63. The molecule has 2 rings (SSSR count).